The number of imidazole rings is 1. The summed E-state index contributed by atoms with van der Waals surface area (Å²) in [5, 5.41) is 0. The first-order chi connectivity index (χ1) is 9.56. The number of esters is 1. The lowest BCUT2D eigenvalue weighted by molar-refractivity contribution is -0.136. The van der Waals surface area contributed by atoms with E-state index in [1.165, 1.54) is 18.2 Å². The van der Waals surface area contributed by atoms with E-state index < -0.39 is 0 Å². The Morgan fingerprint density at radius 3 is 2.70 bits per heavy atom. The predicted octanol–water partition coefficient (Wildman–Crippen LogP) is 3.16. The first-order valence-electron chi connectivity index (χ1n) is 6.76. The Hall–Kier alpha value is -2.10. The van der Waals surface area contributed by atoms with E-state index in [9.17, 15) is 4.79 Å². The molecule has 0 saturated carbocycles. The summed E-state index contributed by atoms with van der Waals surface area (Å²) in [7, 11) is 1.41. The maximum Gasteiger partial charge on any atom is 0.333 e. The van der Waals surface area contributed by atoms with E-state index in [0.29, 0.717) is 18.5 Å². The summed E-state index contributed by atoms with van der Waals surface area (Å²) in [5.74, 6) is -0.260. The van der Waals surface area contributed by atoms with E-state index in [2.05, 4.69) is 31.0 Å². The Balaban J connectivity index is 2.32. The number of hydrogen-bond acceptors (Lipinski definition) is 3. The van der Waals surface area contributed by atoms with Crippen molar-refractivity contribution in [2.75, 3.05) is 7.11 Å². The first-order valence-corrected chi connectivity index (χ1v) is 6.76. The molecule has 1 aromatic carbocycles. The van der Waals surface area contributed by atoms with Gasteiger partial charge in [0.1, 0.15) is 0 Å². The Morgan fingerprint density at radius 2 is 2.05 bits per heavy atom. The molecule has 2 rings (SSSR count). The van der Waals surface area contributed by atoms with Crippen LogP contribution in [0.5, 0.6) is 0 Å². The van der Waals surface area contributed by atoms with Crippen molar-refractivity contribution < 1.29 is 9.53 Å². The highest BCUT2D eigenvalue weighted by molar-refractivity contribution is 5.88. The molecule has 1 heterocycles. The van der Waals surface area contributed by atoms with Crippen LogP contribution < -0.4 is 0 Å². The van der Waals surface area contributed by atoms with Gasteiger partial charge in [-0.2, -0.15) is 0 Å². The summed E-state index contributed by atoms with van der Waals surface area (Å²) < 4.78 is 6.81. The number of methoxy groups -OCH3 is 1. The molecule has 0 unspecified atom stereocenters. The van der Waals surface area contributed by atoms with Gasteiger partial charge in [-0.1, -0.05) is 13.0 Å². The molecular formula is C16H20N2O2. The molecule has 4 heteroatoms. The summed E-state index contributed by atoms with van der Waals surface area (Å²) in [6.07, 6.45) is 4.38. The van der Waals surface area contributed by atoms with Gasteiger partial charge < -0.3 is 9.30 Å². The molecule has 0 saturated heterocycles. The fraction of sp³-hybridized carbons (Fsp3) is 0.375. The lowest BCUT2D eigenvalue weighted by atomic mass is 10.1. The second-order valence-electron chi connectivity index (χ2n) is 4.90. The van der Waals surface area contributed by atoms with Crippen LogP contribution in [0.3, 0.4) is 0 Å². The van der Waals surface area contributed by atoms with Gasteiger partial charge in [-0.25, -0.2) is 9.78 Å². The summed E-state index contributed by atoms with van der Waals surface area (Å²) in [4.78, 5) is 16.0. The Morgan fingerprint density at radius 1 is 1.35 bits per heavy atom. The molecule has 0 aliphatic carbocycles. The van der Waals surface area contributed by atoms with Crippen molar-refractivity contribution in [3.8, 4) is 0 Å². The number of carbonyl (C=O) groups excluding carboxylic acids is 1. The van der Waals surface area contributed by atoms with Crippen molar-refractivity contribution >= 4 is 17.0 Å². The maximum absolute atomic E-state index is 11.5. The lowest BCUT2D eigenvalue weighted by Crippen LogP contribution is -2.05. The third-order valence-electron chi connectivity index (χ3n) is 3.60. The molecule has 4 nitrogen and oxygen atoms in total. The van der Waals surface area contributed by atoms with Crippen molar-refractivity contribution in [1.82, 2.24) is 9.55 Å². The zero-order valence-electron chi connectivity index (χ0n) is 12.4. The van der Waals surface area contributed by atoms with E-state index in [0.717, 1.165) is 11.0 Å². The van der Waals surface area contributed by atoms with E-state index >= 15 is 0 Å². The topological polar surface area (TPSA) is 44.1 Å². The highest BCUT2D eigenvalue weighted by Crippen LogP contribution is 2.18. The van der Waals surface area contributed by atoms with Crippen molar-refractivity contribution in [1.29, 1.82) is 0 Å². The summed E-state index contributed by atoms with van der Waals surface area (Å²) >= 11 is 0. The van der Waals surface area contributed by atoms with Crippen molar-refractivity contribution in [2.24, 2.45) is 0 Å². The van der Waals surface area contributed by atoms with Crippen molar-refractivity contribution in [3.05, 3.63) is 41.2 Å². The molecule has 0 amide bonds. The van der Waals surface area contributed by atoms with Gasteiger partial charge in [-0.05, 0) is 43.5 Å². The molecule has 0 aliphatic rings. The van der Waals surface area contributed by atoms with Gasteiger partial charge in [-0.3, -0.25) is 0 Å². The number of aryl methyl sites for hydroxylation is 2. The average molecular weight is 272 g/mol. The molecule has 0 radical (unpaired) electrons. The molecule has 0 N–H and O–H groups in total. The molecule has 106 valence electrons. The van der Waals surface area contributed by atoms with Crippen LogP contribution >= 0.6 is 0 Å². The Bertz CT molecular complexity index is 668. The molecule has 1 aromatic heterocycles. The number of carbonyl (C=O) groups is 1. The number of hydrogen-bond donors (Lipinski definition) is 0. The van der Waals surface area contributed by atoms with E-state index in [1.807, 2.05) is 23.9 Å². The number of aromatic nitrogens is 2. The van der Waals surface area contributed by atoms with Crippen LogP contribution in [0.4, 0.5) is 0 Å². The van der Waals surface area contributed by atoms with E-state index in [4.69, 9.17) is 4.74 Å². The van der Waals surface area contributed by atoms with Crippen LogP contribution in [0.1, 0.15) is 24.5 Å². The fourth-order valence-electron chi connectivity index (χ4n) is 2.17. The smallest absolute Gasteiger partial charge is 0.333 e. The van der Waals surface area contributed by atoms with Crippen LogP contribution in [-0.4, -0.2) is 22.6 Å². The SMILES string of the molecule is CCC(=CCn1cnc2cc(C)c(C)cc21)C(=O)OC. The summed E-state index contributed by atoms with van der Waals surface area (Å²) in [6.45, 7) is 6.74. The van der Waals surface area contributed by atoms with Gasteiger partial charge in [0, 0.05) is 12.1 Å². The van der Waals surface area contributed by atoms with Crippen LogP contribution in [0.25, 0.3) is 11.0 Å². The predicted molar refractivity (Wildman–Crippen MR) is 79.6 cm³/mol. The summed E-state index contributed by atoms with van der Waals surface area (Å²) in [6, 6.07) is 4.22. The van der Waals surface area contributed by atoms with Gasteiger partial charge >= 0.3 is 5.97 Å². The molecule has 0 spiro atoms. The minimum atomic E-state index is -0.260. The Kier molecular flexibility index (Phi) is 4.23. The first kappa shape index (κ1) is 14.3. The molecule has 0 atom stereocenters. The van der Waals surface area contributed by atoms with E-state index in [1.54, 1.807) is 0 Å². The van der Waals surface area contributed by atoms with Gasteiger partial charge in [0.15, 0.2) is 0 Å². The Labute approximate surface area is 119 Å². The number of fused-ring (bicyclic) bond motifs is 1. The molecule has 0 bridgehead atoms. The van der Waals surface area contributed by atoms with Crippen molar-refractivity contribution in [3.63, 3.8) is 0 Å². The largest absolute Gasteiger partial charge is 0.466 e. The highest BCUT2D eigenvalue weighted by Gasteiger charge is 2.08. The number of nitrogens with zero attached hydrogens (tertiary/aromatic N) is 2. The zero-order valence-corrected chi connectivity index (χ0v) is 12.4. The molecule has 20 heavy (non-hydrogen) atoms. The quantitative estimate of drug-likeness (QED) is 0.634. The second-order valence-corrected chi connectivity index (χ2v) is 4.90. The number of ether oxygens (including phenoxy) is 1. The normalized spacial score (nSPS) is 11.9. The molecule has 2 aromatic rings. The zero-order chi connectivity index (χ0) is 14.7. The van der Waals surface area contributed by atoms with E-state index in [-0.39, 0.29) is 5.97 Å². The third-order valence-corrected chi connectivity index (χ3v) is 3.60. The lowest BCUT2D eigenvalue weighted by Gasteiger charge is -2.05. The molecule has 0 fully saturated rings. The van der Waals surface area contributed by atoms with Crippen molar-refractivity contribution in [2.45, 2.75) is 33.7 Å². The van der Waals surface area contributed by atoms with Crippen LogP contribution in [0.2, 0.25) is 0 Å². The van der Waals surface area contributed by atoms with Crippen LogP contribution in [0, 0.1) is 13.8 Å². The fourth-order valence-corrected chi connectivity index (χ4v) is 2.17. The summed E-state index contributed by atoms with van der Waals surface area (Å²) in [5.41, 5.74) is 5.24. The van der Waals surface area contributed by atoms with Gasteiger partial charge in [0.25, 0.3) is 0 Å². The minimum absolute atomic E-state index is 0.260. The van der Waals surface area contributed by atoms with Gasteiger partial charge in [0.05, 0.1) is 24.5 Å². The number of allylic oxidation sites excluding steroid dienone is 1. The second kappa shape index (κ2) is 5.90. The monoisotopic (exact) mass is 272 g/mol. The standard InChI is InChI=1S/C16H20N2O2/c1-5-13(16(19)20-4)6-7-18-10-17-14-8-11(2)12(3)9-15(14)18/h6,8-10H,5,7H2,1-4H3. The third kappa shape index (κ3) is 2.74. The average Bonchev–Trinajstić information content (AvgIpc) is 2.82. The molecule has 0 aliphatic heterocycles. The van der Waals surface area contributed by atoms with Gasteiger partial charge in [-0.15, -0.1) is 0 Å². The van der Waals surface area contributed by atoms with Crippen LogP contribution in [-0.2, 0) is 16.1 Å². The highest BCUT2D eigenvalue weighted by atomic mass is 16.5. The number of rotatable bonds is 4. The van der Waals surface area contributed by atoms with Crippen LogP contribution in [0.15, 0.2) is 30.1 Å². The minimum Gasteiger partial charge on any atom is -0.466 e. The molecular weight excluding hydrogens is 252 g/mol. The maximum atomic E-state index is 11.5. The van der Waals surface area contributed by atoms with Gasteiger partial charge in [0.2, 0.25) is 0 Å². The number of benzene rings is 1.